The molecule has 3 saturated carbocycles. The molecule has 0 radical (unpaired) electrons. The summed E-state index contributed by atoms with van der Waals surface area (Å²) in [5.41, 5.74) is 26.9. The molecular weight excluding hydrogens is 633 g/mol. The number of hydrogen-bond donors (Lipinski definition) is 0. The summed E-state index contributed by atoms with van der Waals surface area (Å²) in [6.45, 7) is 0. The smallest absolute Gasteiger partial charge is 0.339 e. The number of esters is 1. The topological polar surface area (TPSA) is 30.6 Å². The second-order valence-electron chi connectivity index (χ2n) is 20.7. The molecule has 0 aromatic heterocycles. The fourth-order valence-corrected chi connectivity index (χ4v) is 20.9. The summed E-state index contributed by atoms with van der Waals surface area (Å²) in [6, 6.07) is 12.1. The van der Waals surface area contributed by atoms with Gasteiger partial charge in [0.15, 0.2) is 7.11 Å². The van der Waals surface area contributed by atoms with Crippen LogP contribution in [0.1, 0.15) is 160 Å². The molecule has 3 fully saturated rings. The van der Waals surface area contributed by atoms with Crippen LogP contribution in [0.2, 0.25) is 0 Å². The molecule has 4 aromatic carbocycles. The van der Waals surface area contributed by atoms with Gasteiger partial charge in [0.05, 0.1) is 0 Å². The van der Waals surface area contributed by atoms with E-state index in [-0.39, 0.29) is 16.8 Å². The van der Waals surface area contributed by atoms with E-state index in [4.69, 9.17) is 4.74 Å². The van der Waals surface area contributed by atoms with Crippen LogP contribution in [-0.4, -0.2) is 17.9 Å². The number of ether oxygens (including phenoxy) is 1. The van der Waals surface area contributed by atoms with Gasteiger partial charge in [0, 0.05) is 22.7 Å². The van der Waals surface area contributed by atoms with Gasteiger partial charge in [-0.25, -0.2) is 0 Å². The van der Waals surface area contributed by atoms with E-state index in [1.807, 2.05) is 93.9 Å². The number of hydrogen-bond acceptors (Lipinski definition) is 1. The maximum Gasteiger partial charge on any atom is 0.482 e. The lowest BCUT2D eigenvalue weighted by molar-refractivity contribution is -0.0637. The third-order valence-electron chi connectivity index (χ3n) is 20.8. The minimum absolute atomic E-state index is 0.124. The van der Waals surface area contributed by atoms with Crippen molar-refractivity contribution in [3.63, 3.8) is 0 Å². The summed E-state index contributed by atoms with van der Waals surface area (Å²) in [7, 11) is 1.65. The summed E-state index contributed by atoms with van der Waals surface area (Å²) in [5, 5.41) is 7.37. The second kappa shape index (κ2) is 7.02. The molecule has 2 bridgehead atoms. The molecule has 0 aliphatic heterocycles. The van der Waals surface area contributed by atoms with Gasteiger partial charge >= 0.3 is 5.97 Å². The molecule has 252 valence electrons. The average Bonchev–Trinajstić information content (AvgIpc) is 4.04. The number of allylic oxidation sites excluding steroid dienone is 3. The van der Waals surface area contributed by atoms with Crippen molar-refractivity contribution in [2.45, 2.75) is 110 Å². The molecule has 18 rings (SSSR count). The largest absolute Gasteiger partial charge is 0.482 e. The molecule has 52 heavy (non-hydrogen) atoms. The molecular formula is C50H41O2+. The zero-order chi connectivity index (χ0) is 32.8. The first-order valence-corrected chi connectivity index (χ1v) is 21.6. The third kappa shape index (κ3) is 1.84. The summed E-state index contributed by atoms with van der Waals surface area (Å²) in [4.78, 5) is 10.7. The van der Waals surface area contributed by atoms with Crippen LogP contribution < -0.4 is 0 Å². The molecule has 1 N–H and O–H groups in total. The van der Waals surface area contributed by atoms with Crippen molar-refractivity contribution >= 4 is 33.1 Å². The Morgan fingerprint density at radius 3 is 2.21 bits per heavy atom. The van der Waals surface area contributed by atoms with Crippen LogP contribution in [0.5, 0.6) is 0 Å². The third-order valence-corrected chi connectivity index (χ3v) is 20.8. The van der Waals surface area contributed by atoms with E-state index < -0.39 is 0 Å². The predicted molar refractivity (Wildman–Crippen MR) is 201 cm³/mol. The molecule has 0 amide bonds. The van der Waals surface area contributed by atoms with Gasteiger partial charge in [0.25, 0.3) is 0 Å². The molecule has 15 atom stereocenters. The highest BCUT2D eigenvalue weighted by Gasteiger charge is 2.91. The van der Waals surface area contributed by atoms with Gasteiger partial charge < -0.3 is 9.53 Å². The first-order chi connectivity index (χ1) is 25.7. The van der Waals surface area contributed by atoms with E-state index in [0.717, 1.165) is 65.6 Å². The van der Waals surface area contributed by atoms with Gasteiger partial charge in [0.2, 0.25) is 0 Å². The highest BCUT2D eigenvalue weighted by Crippen LogP contribution is 2.95. The van der Waals surface area contributed by atoms with Crippen LogP contribution in [0.3, 0.4) is 0 Å². The zero-order valence-electron chi connectivity index (χ0n) is 29.7. The molecule has 2 nitrogen and oxygen atoms in total. The van der Waals surface area contributed by atoms with Crippen molar-refractivity contribution in [1.29, 1.82) is 0 Å². The van der Waals surface area contributed by atoms with Crippen molar-refractivity contribution in [3.05, 3.63) is 109 Å². The molecule has 0 saturated heterocycles. The van der Waals surface area contributed by atoms with Crippen LogP contribution in [0.25, 0.3) is 27.1 Å². The Morgan fingerprint density at radius 2 is 1.44 bits per heavy atom. The average molecular weight is 674 g/mol. The van der Waals surface area contributed by atoms with Crippen LogP contribution in [0.4, 0.5) is 0 Å². The molecule has 2 heteroatoms. The van der Waals surface area contributed by atoms with Gasteiger partial charge in [0.1, 0.15) is 6.42 Å². The Morgan fingerprint density at radius 1 is 0.750 bits per heavy atom. The number of carbonyl (C=O) groups excluding carboxylic acids is 1. The van der Waals surface area contributed by atoms with Crippen molar-refractivity contribution < 1.29 is 9.53 Å². The minimum Gasteiger partial charge on any atom is -0.339 e. The first-order valence-electron chi connectivity index (χ1n) is 21.6. The highest BCUT2D eigenvalue weighted by molar-refractivity contribution is 6.31. The summed E-state index contributed by atoms with van der Waals surface area (Å²) in [5.74, 6) is 9.90. The fourth-order valence-electron chi connectivity index (χ4n) is 20.9. The quantitative estimate of drug-likeness (QED) is 0.0791. The Hall–Kier alpha value is -3.65. The normalized spacial score (nSPS) is 46.8. The number of fused-ring (bicyclic) bond motifs is 5. The lowest BCUT2D eigenvalue weighted by atomic mass is 9.35. The van der Waals surface area contributed by atoms with E-state index in [1.54, 1.807) is 12.7 Å². The van der Waals surface area contributed by atoms with Crippen LogP contribution in [0, 0.1) is 35.5 Å². The SMILES string of the molecule is COC(=[OH+])CCCC1(c2ccccc2)C2C3C4C=C5C6CCC7c8c6c6c9c%10c8c8c%11c%12c%13c%14c%15c(c%12%10)C9=C(C4C56)C3C%151C2C%14CCC%13C%11CCC87. The van der Waals surface area contributed by atoms with Gasteiger partial charge in [-0.1, -0.05) is 47.6 Å². The molecule has 1 spiro atoms. The monoisotopic (exact) mass is 673 g/mol. The molecule has 15 unspecified atom stereocenters. The Kier molecular flexibility index (Phi) is 3.43. The lowest BCUT2D eigenvalue weighted by Crippen LogP contribution is -2.67. The predicted octanol–water partition coefficient (Wildman–Crippen LogP) is 10.3. The van der Waals surface area contributed by atoms with Crippen molar-refractivity contribution in [1.82, 2.24) is 0 Å². The van der Waals surface area contributed by atoms with E-state index in [1.165, 1.54) is 44.9 Å². The van der Waals surface area contributed by atoms with Gasteiger partial charge in [-0.05, 0) is 205 Å². The van der Waals surface area contributed by atoms with Crippen molar-refractivity contribution in [2.24, 2.45) is 35.5 Å². The van der Waals surface area contributed by atoms with Crippen LogP contribution in [0.15, 0.2) is 47.6 Å². The zero-order valence-corrected chi connectivity index (χ0v) is 29.7. The summed E-state index contributed by atoms with van der Waals surface area (Å²) >= 11 is 0. The van der Waals surface area contributed by atoms with E-state index in [9.17, 15) is 4.79 Å². The maximum atomic E-state index is 10.7. The molecule has 14 aliphatic rings. The number of rotatable bonds is 5. The van der Waals surface area contributed by atoms with Crippen LogP contribution >= 0.6 is 0 Å². The van der Waals surface area contributed by atoms with Crippen molar-refractivity contribution in [2.75, 3.05) is 7.11 Å². The summed E-state index contributed by atoms with van der Waals surface area (Å²) < 4.78 is 5.41. The number of benzene rings is 4. The van der Waals surface area contributed by atoms with E-state index in [2.05, 4.69) is 36.4 Å². The molecule has 0 heterocycles. The van der Waals surface area contributed by atoms with Crippen LogP contribution in [-0.2, 0) is 15.6 Å². The first kappa shape index (κ1) is 25.4. The maximum absolute atomic E-state index is 10.7. The van der Waals surface area contributed by atoms with Gasteiger partial charge in [-0.3, -0.25) is 0 Å². The minimum atomic E-state index is 0.124. The fraction of sp³-hybridized carbons (Fsp3) is 0.500. The van der Waals surface area contributed by atoms with Crippen molar-refractivity contribution in [3.8, 4) is 0 Å². The van der Waals surface area contributed by atoms with E-state index in [0.29, 0.717) is 24.2 Å². The Bertz CT molecular complexity index is 2780. The van der Waals surface area contributed by atoms with E-state index >= 15 is 0 Å². The molecule has 4 aromatic rings. The second-order valence-corrected chi connectivity index (χ2v) is 20.7. The number of methoxy groups -OCH3 is 1. The van der Waals surface area contributed by atoms with Gasteiger partial charge in [-0.15, -0.1) is 0 Å². The lowest BCUT2D eigenvalue weighted by Gasteiger charge is -2.67. The van der Waals surface area contributed by atoms with Gasteiger partial charge in [-0.2, -0.15) is 0 Å². The Labute approximate surface area is 303 Å². The molecule has 14 aliphatic carbocycles. The highest BCUT2D eigenvalue weighted by atomic mass is 16.5. The Balaban J connectivity index is 1.09. The summed E-state index contributed by atoms with van der Waals surface area (Å²) in [6.07, 6.45) is 14.5. The standard InChI is InChI=1S/C50H40O2/c1-52-26(51)8-5-15-49(17-6-3-2-4-7-17)48-35-25-16-24-22-12-11-19-18-9-10-20-21-13-14-23-34-31(21)37-28(20)27(18)36-29(19)30(22)38-32(24)33(25)43-42-40(38)39(36)41(37)44(42)46(34)50(49,45(23)48)47(35)43/h2-4,6-7,16,18-23,25,32-33,35,45,47-48H,5,8-15H2,1H3/p+1.